The second kappa shape index (κ2) is 10.6. The van der Waals surface area contributed by atoms with Crippen molar-refractivity contribution in [1.82, 2.24) is 19.5 Å². The minimum absolute atomic E-state index is 0.00103. The van der Waals surface area contributed by atoms with E-state index in [1.165, 1.54) is 17.0 Å². The highest BCUT2D eigenvalue weighted by molar-refractivity contribution is 7.79. The van der Waals surface area contributed by atoms with Crippen LogP contribution >= 0.6 is 0 Å². The minimum atomic E-state index is -2.37. The number of hydrogen-bond acceptors (Lipinski definition) is 7. The predicted octanol–water partition coefficient (Wildman–Crippen LogP) is 3.91. The van der Waals surface area contributed by atoms with Gasteiger partial charge >= 0.3 is 0 Å². The summed E-state index contributed by atoms with van der Waals surface area (Å²) in [5.74, 6) is 7.08. The van der Waals surface area contributed by atoms with Gasteiger partial charge in [-0.05, 0) is 43.3 Å². The van der Waals surface area contributed by atoms with Crippen LogP contribution in [0.25, 0.3) is 16.6 Å². The van der Waals surface area contributed by atoms with Gasteiger partial charge in [-0.2, -0.15) is 0 Å². The molecule has 4 N–H and O–H groups in total. The summed E-state index contributed by atoms with van der Waals surface area (Å²) in [6, 6.07) is 22.5. The van der Waals surface area contributed by atoms with E-state index >= 15 is 0 Å². The number of nitrogens with zero attached hydrogens (tertiary/aromatic N) is 4. The zero-order valence-electron chi connectivity index (χ0n) is 20.2. The Balaban J connectivity index is 1.65. The van der Waals surface area contributed by atoms with Crippen LogP contribution in [0.5, 0.6) is 0 Å². The van der Waals surface area contributed by atoms with E-state index in [1.54, 1.807) is 36.4 Å². The van der Waals surface area contributed by atoms with Crippen LogP contribution in [0.2, 0.25) is 0 Å². The van der Waals surface area contributed by atoms with Crippen molar-refractivity contribution in [3.63, 3.8) is 0 Å². The topological polar surface area (TPSA) is 136 Å². The summed E-state index contributed by atoms with van der Waals surface area (Å²) in [5, 5.41) is 3.36. The molecule has 2 aromatic heterocycles. The lowest BCUT2D eigenvalue weighted by atomic mass is 10.1. The van der Waals surface area contributed by atoms with Crippen LogP contribution in [0.15, 0.2) is 94.9 Å². The number of hydrogen-bond donors (Lipinski definition) is 3. The van der Waals surface area contributed by atoms with Gasteiger partial charge in [0.25, 0.3) is 5.56 Å². The maximum atomic E-state index is 13.8. The van der Waals surface area contributed by atoms with Crippen LogP contribution in [0.4, 0.5) is 11.6 Å². The molecule has 0 aliphatic rings. The Labute approximate surface area is 220 Å². The van der Waals surface area contributed by atoms with E-state index in [0.29, 0.717) is 28.4 Å². The van der Waals surface area contributed by atoms with Crippen molar-refractivity contribution in [3.8, 4) is 17.5 Å². The van der Waals surface area contributed by atoms with E-state index in [4.69, 9.17) is 10.7 Å². The molecule has 0 bridgehead atoms. The third-order valence-electron chi connectivity index (χ3n) is 5.81. The number of fused-ring (bicyclic) bond motifs is 1. The quantitative estimate of drug-likeness (QED) is 0.233. The van der Waals surface area contributed by atoms with Gasteiger partial charge in [0.15, 0.2) is 11.1 Å². The first-order valence-electron chi connectivity index (χ1n) is 11.6. The van der Waals surface area contributed by atoms with E-state index in [1.807, 2.05) is 43.3 Å². The smallest absolute Gasteiger partial charge is 0.267 e. The van der Waals surface area contributed by atoms with Gasteiger partial charge in [0.05, 0.1) is 27.5 Å². The van der Waals surface area contributed by atoms with Crippen molar-refractivity contribution in [1.29, 1.82) is 0 Å². The number of nitrogens with one attached hydrogen (secondary N) is 1. The molecular formula is C28H22N6O3S. The summed E-state index contributed by atoms with van der Waals surface area (Å²) in [4.78, 5) is 27.0. The predicted molar refractivity (Wildman–Crippen MR) is 147 cm³/mol. The van der Waals surface area contributed by atoms with Gasteiger partial charge in [0.1, 0.15) is 29.4 Å². The minimum Gasteiger partial charge on any atom is -0.382 e. The van der Waals surface area contributed by atoms with Crippen LogP contribution in [0.3, 0.4) is 0 Å². The average molecular weight is 523 g/mol. The van der Waals surface area contributed by atoms with E-state index in [-0.39, 0.29) is 16.1 Å². The van der Waals surface area contributed by atoms with Gasteiger partial charge in [-0.3, -0.25) is 9.36 Å². The van der Waals surface area contributed by atoms with Crippen molar-refractivity contribution in [2.75, 3.05) is 11.1 Å². The van der Waals surface area contributed by atoms with Crippen LogP contribution in [0, 0.1) is 11.8 Å². The third kappa shape index (κ3) is 4.88. The van der Waals surface area contributed by atoms with Gasteiger partial charge in [0.2, 0.25) is 0 Å². The lowest BCUT2D eigenvalue weighted by molar-refractivity contribution is 0.565. The van der Waals surface area contributed by atoms with Crippen molar-refractivity contribution < 1.29 is 8.76 Å². The molecule has 0 spiro atoms. The Morgan fingerprint density at radius 1 is 0.974 bits per heavy atom. The summed E-state index contributed by atoms with van der Waals surface area (Å²) in [6.45, 7) is 1.83. The van der Waals surface area contributed by atoms with Gasteiger partial charge in [0, 0.05) is 5.56 Å². The molecule has 0 saturated carbocycles. The van der Waals surface area contributed by atoms with E-state index < -0.39 is 22.7 Å². The Morgan fingerprint density at radius 2 is 1.68 bits per heavy atom. The first-order valence-corrected chi connectivity index (χ1v) is 12.7. The molecule has 0 radical (unpaired) electrons. The molecule has 9 nitrogen and oxygen atoms in total. The molecule has 0 aliphatic heterocycles. The van der Waals surface area contributed by atoms with E-state index in [0.717, 1.165) is 5.56 Å². The number of benzene rings is 3. The number of nitrogens with two attached hydrogens (primary N) is 1. The van der Waals surface area contributed by atoms with Crippen molar-refractivity contribution >= 4 is 33.6 Å². The molecule has 0 saturated heterocycles. The van der Waals surface area contributed by atoms with Gasteiger partial charge in [-0.15, -0.1) is 0 Å². The number of nitrogen functional groups attached to an aromatic ring is 1. The van der Waals surface area contributed by atoms with E-state index in [2.05, 4.69) is 27.1 Å². The Bertz CT molecular complexity index is 1780. The second-order valence-corrected chi connectivity index (χ2v) is 9.25. The highest BCUT2D eigenvalue weighted by Gasteiger charge is 2.22. The number of rotatable bonds is 5. The zero-order chi connectivity index (χ0) is 26.6. The molecule has 3 aromatic carbocycles. The maximum absolute atomic E-state index is 13.8. The maximum Gasteiger partial charge on any atom is 0.267 e. The molecule has 2 heterocycles. The summed E-state index contributed by atoms with van der Waals surface area (Å²) >= 11 is -2.37. The molecule has 0 fully saturated rings. The first-order chi connectivity index (χ1) is 18.4. The Hall–Kier alpha value is -4.85. The molecule has 2 unspecified atom stereocenters. The standard InChI is InChI=1S/C28H22N6O3S/c1-18(32-26-21(25(29)30-17-31-26)16-15-19-9-4-2-5-10-19)27-33-22-13-8-14-23(38(36)37)24(22)28(35)34(27)20-11-6-3-7-12-20/h2-14,17-18H,1H3,(H,36,37)(H3,29,30,31,32). The average Bonchev–Trinajstić information content (AvgIpc) is 2.93. The number of aromatic nitrogens is 4. The lowest BCUT2D eigenvalue weighted by Crippen LogP contribution is -2.28. The summed E-state index contributed by atoms with van der Waals surface area (Å²) in [5.41, 5.74) is 7.76. The highest BCUT2D eigenvalue weighted by atomic mass is 32.2. The van der Waals surface area contributed by atoms with Crippen LogP contribution in [0.1, 0.15) is 29.9 Å². The second-order valence-electron chi connectivity index (χ2n) is 8.31. The molecule has 0 amide bonds. The fourth-order valence-corrected chi connectivity index (χ4v) is 4.60. The molecular weight excluding hydrogens is 500 g/mol. The molecule has 2 atom stereocenters. The molecule has 5 rings (SSSR count). The van der Waals surface area contributed by atoms with Crippen molar-refractivity contribution in [3.05, 3.63) is 112 Å². The number of anilines is 2. The third-order valence-corrected chi connectivity index (χ3v) is 6.53. The summed E-state index contributed by atoms with van der Waals surface area (Å²) < 4.78 is 23.2. The fraction of sp³-hybridized carbons (Fsp3) is 0.0714. The Morgan fingerprint density at radius 3 is 2.39 bits per heavy atom. The summed E-state index contributed by atoms with van der Waals surface area (Å²) in [7, 11) is 0. The fourth-order valence-electron chi connectivity index (χ4n) is 4.04. The van der Waals surface area contributed by atoms with E-state index in [9.17, 15) is 13.6 Å². The van der Waals surface area contributed by atoms with Crippen molar-refractivity contribution in [2.45, 2.75) is 17.9 Å². The van der Waals surface area contributed by atoms with Crippen molar-refractivity contribution in [2.24, 2.45) is 0 Å². The van der Waals surface area contributed by atoms with Gasteiger partial charge < -0.3 is 15.6 Å². The highest BCUT2D eigenvalue weighted by Crippen LogP contribution is 2.25. The first kappa shape index (κ1) is 24.8. The van der Waals surface area contributed by atoms with Crippen LogP contribution < -0.4 is 16.6 Å². The zero-order valence-corrected chi connectivity index (χ0v) is 21.0. The normalized spacial score (nSPS) is 12.4. The monoisotopic (exact) mass is 522 g/mol. The largest absolute Gasteiger partial charge is 0.382 e. The number of para-hydroxylation sites is 1. The molecule has 10 heteroatoms. The summed E-state index contributed by atoms with van der Waals surface area (Å²) in [6.07, 6.45) is 1.33. The van der Waals surface area contributed by atoms with Crippen LogP contribution in [-0.2, 0) is 11.1 Å². The van der Waals surface area contributed by atoms with Gasteiger partial charge in [-0.25, -0.2) is 19.2 Å². The molecule has 38 heavy (non-hydrogen) atoms. The molecule has 0 aliphatic carbocycles. The van der Waals surface area contributed by atoms with Gasteiger partial charge in [-0.1, -0.05) is 54.3 Å². The SMILES string of the molecule is CC(Nc1ncnc(N)c1C#Cc1ccccc1)c1nc2cccc(S(=O)O)c2c(=O)n1-c1ccccc1. The molecule has 188 valence electrons. The lowest BCUT2D eigenvalue weighted by Gasteiger charge is -2.21. The Kier molecular flexibility index (Phi) is 6.95. The molecule has 5 aromatic rings. The van der Waals surface area contributed by atoms with Crippen LogP contribution in [-0.4, -0.2) is 28.3 Å².